The SMILES string of the molecule is Cc1ccc(-c2nnc(SCc3ccccc3Oc3ccccc3)o2)cc1C. The minimum Gasteiger partial charge on any atom is -0.457 e. The van der Waals surface area contributed by atoms with Crippen molar-refractivity contribution in [1.82, 2.24) is 10.2 Å². The van der Waals surface area contributed by atoms with Gasteiger partial charge in [0.1, 0.15) is 11.5 Å². The molecule has 0 amide bonds. The summed E-state index contributed by atoms with van der Waals surface area (Å²) in [6, 6.07) is 23.9. The van der Waals surface area contributed by atoms with E-state index in [-0.39, 0.29) is 0 Å². The molecule has 0 spiro atoms. The summed E-state index contributed by atoms with van der Waals surface area (Å²) in [4.78, 5) is 0. The summed E-state index contributed by atoms with van der Waals surface area (Å²) < 4.78 is 11.9. The molecule has 3 aromatic carbocycles. The predicted molar refractivity (Wildman–Crippen MR) is 112 cm³/mol. The Labute approximate surface area is 168 Å². The smallest absolute Gasteiger partial charge is 0.277 e. The molecule has 1 aromatic heterocycles. The fourth-order valence-corrected chi connectivity index (χ4v) is 3.49. The second-order valence-electron chi connectivity index (χ2n) is 6.48. The van der Waals surface area contributed by atoms with Gasteiger partial charge in [-0.1, -0.05) is 54.2 Å². The molecule has 140 valence electrons. The van der Waals surface area contributed by atoms with E-state index in [0.717, 1.165) is 22.6 Å². The third-order valence-electron chi connectivity index (χ3n) is 4.46. The Hall–Kier alpha value is -3.05. The van der Waals surface area contributed by atoms with Gasteiger partial charge in [0.2, 0.25) is 5.89 Å². The average Bonchev–Trinajstić information content (AvgIpc) is 3.19. The van der Waals surface area contributed by atoms with Crippen LogP contribution in [0.25, 0.3) is 11.5 Å². The van der Waals surface area contributed by atoms with Crippen molar-refractivity contribution in [3.05, 3.63) is 89.5 Å². The van der Waals surface area contributed by atoms with Crippen LogP contribution < -0.4 is 4.74 Å². The molecule has 0 atom stereocenters. The van der Waals surface area contributed by atoms with Crippen molar-refractivity contribution in [3.63, 3.8) is 0 Å². The second kappa shape index (κ2) is 8.31. The molecule has 0 saturated carbocycles. The number of nitrogens with zero attached hydrogens (tertiary/aromatic N) is 2. The molecule has 0 unspecified atom stereocenters. The Morgan fingerprint density at radius 1 is 0.857 bits per heavy atom. The van der Waals surface area contributed by atoms with Crippen molar-refractivity contribution < 1.29 is 9.15 Å². The van der Waals surface area contributed by atoms with Crippen LogP contribution in [0.1, 0.15) is 16.7 Å². The molecule has 0 saturated heterocycles. The number of thioether (sulfide) groups is 1. The molecule has 0 radical (unpaired) electrons. The Balaban J connectivity index is 1.47. The summed E-state index contributed by atoms with van der Waals surface area (Å²) in [5.74, 6) is 2.86. The first kappa shape index (κ1) is 18.3. The van der Waals surface area contributed by atoms with Gasteiger partial charge in [-0.15, -0.1) is 10.2 Å². The number of aromatic nitrogens is 2. The van der Waals surface area contributed by atoms with Crippen molar-refractivity contribution in [3.8, 4) is 23.0 Å². The zero-order valence-corrected chi connectivity index (χ0v) is 16.6. The van der Waals surface area contributed by atoms with E-state index in [9.17, 15) is 0 Å². The highest BCUT2D eigenvalue weighted by atomic mass is 32.2. The van der Waals surface area contributed by atoms with Gasteiger partial charge in [-0.25, -0.2) is 0 Å². The minimum atomic E-state index is 0.541. The maximum atomic E-state index is 6.02. The second-order valence-corrected chi connectivity index (χ2v) is 7.41. The van der Waals surface area contributed by atoms with Gasteiger partial charge in [0, 0.05) is 16.9 Å². The van der Waals surface area contributed by atoms with E-state index in [0.29, 0.717) is 16.9 Å². The van der Waals surface area contributed by atoms with Gasteiger partial charge in [-0.3, -0.25) is 0 Å². The molecule has 1 heterocycles. The van der Waals surface area contributed by atoms with Crippen LogP contribution in [0, 0.1) is 13.8 Å². The van der Waals surface area contributed by atoms with Gasteiger partial charge in [-0.2, -0.15) is 0 Å². The lowest BCUT2D eigenvalue weighted by atomic mass is 10.1. The number of benzene rings is 3. The molecule has 0 aliphatic rings. The van der Waals surface area contributed by atoms with Crippen LogP contribution in [0.15, 0.2) is 82.4 Å². The Bertz CT molecular complexity index is 1080. The van der Waals surface area contributed by atoms with Gasteiger partial charge >= 0.3 is 0 Å². The Kier molecular flexibility index (Phi) is 5.44. The highest BCUT2D eigenvalue weighted by molar-refractivity contribution is 7.98. The van der Waals surface area contributed by atoms with Crippen LogP contribution in [0.2, 0.25) is 0 Å². The molecule has 0 bridgehead atoms. The van der Waals surface area contributed by atoms with Crippen molar-refractivity contribution >= 4 is 11.8 Å². The third-order valence-corrected chi connectivity index (χ3v) is 5.32. The topological polar surface area (TPSA) is 48.2 Å². The van der Waals surface area contributed by atoms with E-state index in [1.54, 1.807) is 0 Å². The zero-order valence-electron chi connectivity index (χ0n) is 15.8. The highest BCUT2D eigenvalue weighted by Crippen LogP contribution is 2.31. The lowest BCUT2D eigenvalue weighted by molar-refractivity contribution is 0.465. The van der Waals surface area contributed by atoms with Gasteiger partial charge < -0.3 is 9.15 Å². The number of para-hydroxylation sites is 2. The van der Waals surface area contributed by atoms with Gasteiger partial charge in [0.15, 0.2) is 0 Å². The first-order chi connectivity index (χ1) is 13.7. The van der Waals surface area contributed by atoms with Crippen molar-refractivity contribution in [2.75, 3.05) is 0 Å². The number of aryl methyl sites for hydroxylation is 2. The van der Waals surface area contributed by atoms with Crippen molar-refractivity contribution in [2.24, 2.45) is 0 Å². The molecule has 0 N–H and O–H groups in total. The number of hydrogen-bond donors (Lipinski definition) is 0. The zero-order chi connectivity index (χ0) is 19.3. The number of rotatable bonds is 6. The van der Waals surface area contributed by atoms with Crippen LogP contribution in [-0.2, 0) is 5.75 Å². The van der Waals surface area contributed by atoms with E-state index < -0.39 is 0 Å². The van der Waals surface area contributed by atoms with E-state index in [1.165, 1.54) is 22.9 Å². The van der Waals surface area contributed by atoms with Gasteiger partial charge in [-0.05, 0) is 55.3 Å². The molecular formula is C23H20N2O2S. The van der Waals surface area contributed by atoms with E-state index >= 15 is 0 Å². The molecule has 5 heteroatoms. The lowest BCUT2D eigenvalue weighted by Gasteiger charge is -2.10. The quantitative estimate of drug-likeness (QED) is 0.356. The van der Waals surface area contributed by atoms with Crippen LogP contribution in [0.3, 0.4) is 0 Å². The molecule has 0 fully saturated rings. The largest absolute Gasteiger partial charge is 0.457 e. The first-order valence-electron chi connectivity index (χ1n) is 9.04. The first-order valence-corrected chi connectivity index (χ1v) is 10.0. The monoisotopic (exact) mass is 388 g/mol. The summed E-state index contributed by atoms with van der Waals surface area (Å²) in [5, 5.41) is 8.91. The van der Waals surface area contributed by atoms with Crippen molar-refractivity contribution in [1.29, 1.82) is 0 Å². The van der Waals surface area contributed by atoms with Crippen LogP contribution >= 0.6 is 11.8 Å². The third kappa shape index (κ3) is 4.26. The van der Waals surface area contributed by atoms with Gasteiger partial charge in [0.05, 0.1) is 0 Å². The summed E-state index contributed by atoms with van der Waals surface area (Å²) in [5.41, 5.74) is 4.46. The number of hydrogen-bond acceptors (Lipinski definition) is 5. The maximum absolute atomic E-state index is 6.02. The molecule has 0 aliphatic carbocycles. The normalized spacial score (nSPS) is 10.8. The molecule has 28 heavy (non-hydrogen) atoms. The summed E-state index contributed by atoms with van der Waals surface area (Å²) in [6.45, 7) is 4.16. The lowest BCUT2D eigenvalue weighted by Crippen LogP contribution is -1.90. The Morgan fingerprint density at radius 2 is 1.64 bits per heavy atom. The van der Waals surface area contributed by atoms with Crippen LogP contribution in [0.4, 0.5) is 0 Å². The summed E-state index contributed by atoms with van der Waals surface area (Å²) >= 11 is 1.50. The summed E-state index contributed by atoms with van der Waals surface area (Å²) in [6.07, 6.45) is 0. The molecule has 4 nitrogen and oxygen atoms in total. The highest BCUT2D eigenvalue weighted by Gasteiger charge is 2.12. The van der Waals surface area contributed by atoms with Crippen LogP contribution in [0.5, 0.6) is 11.5 Å². The number of ether oxygens (including phenoxy) is 1. The fraction of sp³-hybridized carbons (Fsp3) is 0.130. The standard InChI is InChI=1S/C23H20N2O2S/c1-16-12-13-18(14-17(16)2)22-24-25-23(27-22)28-15-19-8-6-7-11-21(19)26-20-9-4-3-5-10-20/h3-14H,15H2,1-2H3. The van der Waals surface area contributed by atoms with E-state index in [4.69, 9.17) is 9.15 Å². The predicted octanol–water partition coefficient (Wildman–Crippen LogP) is 6.44. The average molecular weight is 388 g/mol. The Morgan fingerprint density at radius 3 is 2.46 bits per heavy atom. The maximum Gasteiger partial charge on any atom is 0.277 e. The minimum absolute atomic E-state index is 0.541. The van der Waals surface area contributed by atoms with Gasteiger partial charge in [0.25, 0.3) is 5.22 Å². The fourth-order valence-electron chi connectivity index (χ4n) is 2.74. The molecule has 4 aromatic rings. The van der Waals surface area contributed by atoms with Crippen LogP contribution in [-0.4, -0.2) is 10.2 Å². The summed E-state index contributed by atoms with van der Waals surface area (Å²) in [7, 11) is 0. The molecule has 4 rings (SSSR count). The van der Waals surface area contributed by atoms with E-state index in [2.05, 4.69) is 36.2 Å². The van der Waals surface area contributed by atoms with E-state index in [1.807, 2.05) is 60.7 Å². The van der Waals surface area contributed by atoms with Crippen molar-refractivity contribution in [2.45, 2.75) is 24.8 Å². The molecule has 0 aliphatic heterocycles. The molecular weight excluding hydrogens is 368 g/mol.